The Morgan fingerprint density at radius 1 is 1.15 bits per heavy atom. The summed E-state index contributed by atoms with van der Waals surface area (Å²) >= 11 is 0. The summed E-state index contributed by atoms with van der Waals surface area (Å²) in [6, 6.07) is 7.83. The zero-order valence-corrected chi connectivity index (χ0v) is 13.0. The molecule has 4 heteroatoms. The van der Waals surface area contributed by atoms with Gasteiger partial charge in [-0.3, -0.25) is 0 Å². The monoisotopic (exact) mass is 281 g/mol. The van der Waals surface area contributed by atoms with E-state index in [1.165, 1.54) is 0 Å². The zero-order chi connectivity index (χ0) is 15.0. The first-order valence-electron chi connectivity index (χ1n) is 7.21. The van der Waals surface area contributed by atoms with E-state index in [2.05, 4.69) is 6.92 Å². The summed E-state index contributed by atoms with van der Waals surface area (Å²) in [5.74, 6) is 0.817. The normalized spacial score (nSPS) is 14.3. The maximum absolute atomic E-state index is 6.18. The van der Waals surface area contributed by atoms with Crippen LogP contribution in [-0.2, 0) is 9.47 Å². The van der Waals surface area contributed by atoms with Crippen molar-refractivity contribution in [1.29, 1.82) is 0 Å². The smallest absolute Gasteiger partial charge is 0.119 e. The SMILES string of the molecule is CCC(N)C(OCCOC(C)C)c1cccc(OC)c1. The lowest BCUT2D eigenvalue weighted by Gasteiger charge is -2.24. The van der Waals surface area contributed by atoms with Crippen LogP contribution in [-0.4, -0.2) is 32.5 Å². The van der Waals surface area contributed by atoms with Crippen LogP contribution in [0, 0.1) is 0 Å². The fourth-order valence-electron chi connectivity index (χ4n) is 1.96. The highest BCUT2D eigenvalue weighted by Crippen LogP contribution is 2.25. The summed E-state index contributed by atoms with van der Waals surface area (Å²) in [7, 11) is 1.66. The zero-order valence-electron chi connectivity index (χ0n) is 13.0. The number of ether oxygens (including phenoxy) is 3. The van der Waals surface area contributed by atoms with Crippen molar-refractivity contribution in [3.05, 3.63) is 29.8 Å². The molecule has 20 heavy (non-hydrogen) atoms. The maximum Gasteiger partial charge on any atom is 0.119 e. The third kappa shape index (κ3) is 5.49. The van der Waals surface area contributed by atoms with Gasteiger partial charge in [0.25, 0.3) is 0 Å². The molecule has 2 atom stereocenters. The van der Waals surface area contributed by atoms with Gasteiger partial charge in [0, 0.05) is 6.04 Å². The molecular weight excluding hydrogens is 254 g/mol. The van der Waals surface area contributed by atoms with Gasteiger partial charge in [0.2, 0.25) is 0 Å². The number of hydrogen-bond donors (Lipinski definition) is 1. The fraction of sp³-hybridized carbons (Fsp3) is 0.625. The van der Waals surface area contributed by atoms with Crippen molar-refractivity contribution < 1.29 is 14.2 Å². The lowest BCUT2D eigenvalue weighted by molar-refractivity contribution is -0.0224. The van der Waals surface area contributed by atoms with E-state index in [0.29, 0.717) is 13.2 Å². The van der Waals surface area contributed by atoms with Crippen LogP contribution in [0.5, 0.6) is 5.75 Å². The first-order chi connectivity index (χ1) is 9.58. The van der Waals surface area contributed by atoms with E-state index in [9.17, 15) is 0 Å². The molecule has 2 N–H and O–H groups in total. The van der Waals surface area contributed by atoms with Crippen LogP contribution in [0.3, 0.4) is 0 Å². The predicted octanol–water partition coefficient (Wildman–Crippen LogP) is 2.92. The second-order valence-electron chi connectivity index (χ2n) is 5.06. The van der Waals surface area contributed by atoms with Crippen molar-refractivity contribution in [3.8, 4) is 5.75 Å². The van der Waals surface area contributed by atoms with Crippen LogP contribution in [0.4, 0.5) is 0 Å². The molecule has 0 amide bonds. The third-order valence-corrected chi connectivity index (χ3v) is 3.11. The Hall–Kier alpha value is -1.10. The third-order valence-electron chi connectivity index (χ3n) is 3.11. The molecule has 0 saturated carbocycles. The fourth-order valence-corrected chi connectivity index (χ4v) is 1.96. The number of rotatable bonds is 9. The number of benzene rings is 1. The summed E-state index contributed by atoms with van der Waals surface area (Å²) in [6.45, 7) is 7.20. The minimum Gasteiger partial charge on any atom is -0.497 e. The summed E-state index contributed by atoms with van der Waals surface area (Å²) < 4.78 is 16.7. The van der Waals surface area contributed by atoms with Crippen LogP contribution in [0.2, 0.25) is 0 Å². The maximum atomic E-state index is 6.18. The highest BCUT2D eigenvalue weighted by molar-refractivity contribution is 5.30. The lowest BCUT2D eigenvalue weighted by atomic mass is 10.0. The molecule has 1 aromatic rings. The molecule has 0 aromatic heterocycles. The number of nitrogens with two attached hydrogens (primary N) is 1. The van der Waals surface area contributed by atoms with Crippen LogP contribution in [0.25, 0.3) is 0 Å². The topological polar surface area (TPSA) is 53.7 Å². The van der Waals surface area contributed by atoms with Crippen LogP contribution < -0.4 is 10.5 Å². The van der Waals surface area contributed by atoms with Crippen LogP contribution in [0.15, 0.2) is 24.3 Å². The van der Waals surface area contributed by atoms with E-state index < -0.39 is 0 Å². The number of methoxy groups -OCH3 is 1. The lowest BCUT2D eigenvalue weighted by Crippen LogP contribution is -2.30. The molecule has 0 aliphatic carbocycles. The highest BCUT2D eigenvalue weighted by Gasteiger charge is 2.19. The second kappa shape index (κ2) is 8.95. The van der Waals surface area contributed by atoms with Crippen molar-refractivity contribution in [2.75, 3.05) is 20.3 Å². The molecule has 0 aliphatic heterocycles. The quantitative estimate of drug-likeness (QED) is 0.707. The molecule has 2 unspecified atom stereocenters. The number of hydrogen-bond acceptors (Lipinski definition) is 4. The standard InChI is InChI=1S/C16H27NO3/c1-5-15(17)16(20-10-9-19-12(2)3)13-7-6-8-14(11-13)18-4/h6-8,11-12,15-16H,5,9-10,17H2,1-4H3. The van der Waals surface area contributed by atoms with Crippen LogP contribution in [0.1, 0.15) is 38.9 Å². The van der Waals surface area contributed by atoms with Gasteiger partial charge < -0.3 is 19.9 Å². The summed E-state index contributed by atoms with van der Waals surface area (Å²) in [5, 5.41) is 0. The molecule has 114 valence electrons. The van der Waals surface area contributed by atoms with Gasteiger partial charge in [-0.25, -0.2) is 0 Å². The molecule has 0 radical (unpaired) electrons. The van der Waals surface area contributed by atoms with Gasteiger partial charge in [0.1, 0.15) is 5.75 Å². The van der Waals surface area contributed by atoms with Crippen molar-refractivity contribution in [3.63, 3.8) is 0 Å². The average molecular weight is 281 g/mol. The molecule has 0 saturated heterocycles. The van der Waals surface area contributed by atoms with E-state index >= 15 is 0 Å². The molecule has 4 nitrogen and oxygen atoms in total. The molecular formula is C16H27NO3. The molecule has 1 rings (SSSR count). The van der Waals surface area contributed by atoms with Gasteiger partial charge in [-0.2, -0.15) is 0 Å². The van der Waals surface area contributed by atoms with Crippen molar-refractivity contribution in [2.24, 2.45) is 5.73 Å². The summed E-state index contributed by atoms with van der Waals surface area (Å²) in [6.07, 6.45) is 0.937. The Kier molecular flexibility index (Phi) is 7.59. The van der Waals surface area contributed by atoms with Crippen LogP contribution >= 0.6 is 0 Å². The van der Waals surface area contributed by atoms with Gasteiger partial charge in [0.05, 0.1) is 32.5 Å². The van der Waals surface area contributed by atoms with E-state index in [4.69, 9.17) is 19.9 Å². The van der Waals surface area contributed by atoms with Crippen molar-refractivity contribution in [1.82, 2.24) is 0 Å². The average Bonchev–Trinajstić information content (AvgIpc) is 2.46. The van der Waals surface area contributed by atoms with E-state index in [-0.39, 0.29) is 18.2 Å². The summed E-state index contributed by atoms with van der Waals surface area (Å²) in [4.78, 5) is 0. The first kappa shape index (κ1) is 17.0. The minimum atomic E-state index is -0.133. The molecule has 1 aromatic carbocycles. The Morgan fingerprint density at radius 2 is 1.85 bits per heavy atom. The highest BCUT2D eigenvalue weighted by atomic mass is 16.5. The molecule has 0 heterocycles. The molecule has 0 aliphatic rings. The van der Waals surface area contributed by atoms with E-state index in [0.717, 1.165) is 17.7 Å². The van der Waals surface area contributed by atoms with E-state index in [1.54, 1.807) is 7.11 Å². The van der Waals surface area contributed by atoms with Gasteiger partial charge in [-0.05, 0) is 38.0 Å². The Bertz CT molecular complexity index is 382. The molecule has 0 bridgehead atoms. The minimum absolute atomic E-state index is 0.0406. The summed E-state index contributed by atoms with van der Waals surface area (Å²) in [5.41, 5.74) is 7.22. The largest absolute Gasteiger partial charge is 0.497 e. The molecule has 0 fully saturated rings. The van der Waals surface area contributed by atoms with Gasteiger partial charge in [0.15, 0.2) is 0 Å². The van der Waals surface area contributed by atoms with Gasteiger partial charge in [-0.1, -0.05) is 19.1 Å². The molecule has 0 spiro atoms. The van der Waals surface area contributed by atoms with Gasteiger partial charge in [-0.15, -0.1) is 0 Å². The Balaban J connectivity index is 2.68. The first-order valence-corrected chi connectivity index (χ1v) is 7.21. The second-order valence-corrected chi connectivity index (χ2v) is 5.06. The predicted molar refractivity (Wildman–Crippen MR) is 81.0 cm³/mol. The van der Waals surface area contributed by atoms with Crippen molar-refractivity contribution in [2.45, 2.75) is 45.4 Å². The van der Waals surface area contributed by atoms with Gasteiger partial charge >= 0.3 is 0 Å². The Labute approximate surface area is 122 Å². The van der Waals surface area contributed by atoms with E-state index in [1.807, 2.05) is 38.1 Å². The Morgan fingerprint density at radius 3 is 2.45 bits per heavy atom. The van der Waals surface area contributed by atoms with Crippen molar-refractivity contribution >= 4 is 0 Å².